The molecule has 5 atom stereocenters. The van der Waals surface area contributed by atoms with E-state index in [4.69, 9.17) is 0 Å². The van der Waals surface area contributed by atoms with Crippen LogP contribution >= 0.6 is 0 Å². The Morgan fingerprint density at radius 3 is 2.36 bits per heavy atom. The average molecular weight is 339 g/mol. The number of hydrogen-bond acceptors (Lipinski definition) is 4. The molecule has 1 N–H and O–H groups in total. The third-order valence-corrected chi connectivity index (χ3v) is 5.72. The normalized spacial score (nSPS) is 31.2. The second-order valence-electron chi connectivity index (χ2n) is 7.04. The minimum atomic E-state index is -0.773. The molecule has 0 radical (unpaired) electrons. The third kappa shape index (κ3) is 2.47. The second kappa shape index (κ2) is 6.10. The predicted molar refractivity (Wildman–Crippen MR) is 91.1 cm³/mol. The number of nitrogens with one attached hydrogen (secondary N) is 1. The highest BCUT2D eigenvalue weighted by atomic mass is 16.2. The zero-order valence-corrected chi connectivity index (χ0v) is 14.1. The molecule has 2 fully saturated rings. The first-order chi connectivity index (χ1) is 12.1. The highest BCUT2D eigenvalue weighted by Crippen LogP contribution is 2.50. The van der Waals surface area contributed by atoms with Gasteiger partial charge in [0.1, 0.15) is 6.04 Å². The molecule has 2 heterocycles. The summed E-state index contributed by atoms with van der Waals surface area (Å²) in [6, 6.07) is 2.68. The Labute approximate surface area is 146 Å². The lowest BCUT2D eigenvalue weighted by atomic mass is 9.63. The molecule has 5 rings (SSSR count). The summed E-state index contributed by atoms with van der Waals surface area (Å²) in [6.07, 6.45) is 9.63. The fourth-order valence-electron chi connectivity index (χ4n) is 4.55. The highest BCUT2D eigenvalue weighted by molar-refractivity contribution is 6.10. The first kappa shape index (κ1) is 16.0. The van der Waals surface area contributed by atoms with Crippen LogP contribution in [0.25, 0.3) is 0 Å². The molecule has 6 nitrogen and oxygen atoms in total. The third-order valence-electron chi connectivity index (χ3n) is 5.72. The number of amides is 3. The van der Waals surface area contributed by atoms with Crippen molar-refractivity contribution in [3.63, 3.8) is 0 Å². The van der Waals surface area contributed by atoms with Crippen molar-refractivity contribution in [3.8, 4) is 0 Å². The maximum Gasteiger partial charge on any atom is 0.247 e. The van der Waals surface area contributed by atoms with Crippen LogP contribution in [0.5, 0.6) is 0 Å². The van der Waals surface area contributed by atoms with Gasteiger partial charge in [0.05, 0.1) is 23.7 Å². The molecule has 0 unspecified atom stereocenters. The van der Waals surface area contributed by atoms with E-state index in [2.05, 4.69) is 22.5 Å². The number of anilines is 1. The fourth-order valence-corrected chi connectivity index (χ4v) is 4.55. The van der Waals surface area contributed by atoms with Crippen LogP contribution in [0.3, 0.4) is 0 Å². The smallest absolute Gasteiger partial charge is 0.247 e. The molecule has 2 bridgehead atoms. The van der Waals surface area contributed by atoms with Gasteiger partial charge in [-0.3, -0.25) is 24.3 Å². The van der Waals surface area contributed by atoms with E-state index >= 15 is 0 Å². The first-order valence-electron chi connectivity index (χ1n) is 8.88. The minimum Gasteiger partial charge on any atom is -0.323 e. The van der Waals surface area contributed by atoms with E-state index in [9.17, 15) is 14.4 Å². The molecule has 1 aliphatic heterocycles. The van der Waals surface area contributed by atoms with Crippen molar-refractivity contribution in [2.24, 2.45) is 23.7 Å². The Kier molecular flexibility index (Phi) is 3.90. The first-order valence-corrected chi connectivity index (χ1v) is 8.88. The molecule has 1 saturated heterocycles. The number of rotatable bonds is 4. The van der Waals surface area contributed by atoms with Gasteiger partial charge in [-0.05, 0) is 43.2 Å². The van der Waals surface area contributed by atoms with Gasteiger partial charge in [-0.25, -0.2) is 0 Å². The molecule has 1 saturated carbocycles. The van der Waals surface area contributed by atoms with Crippen molar-refractivity contribution in [2.75, 3.05) is 5.32 Å². The monoisotopic (exact) mass is 339 g/mol. The zero-order valence-electron chi connectivity index (χ0n) is 14.1. The van der Waals surface area contributed by atoms with Crippen LogP contribution in [0.15, 0.2) is 36.7 Å². The molecule has 3 amide bonds. The number of aromatic nitrogens is 1. The molecule has 6 heteroatoms. The Morgan fingerprint density at radius 2 is 1.88 bits per heavy atom. The number of allylic oxidation sites excluding steroid dienone is 2. The van der Waals surface area contributed by atoms with Gasteiger partial charge >= 0.3 is 0 Å². The number of likely N-dealkylation sites (tertiary alicyclic amines) is 1. The summed E-state index contributed by atoms with van der Waals surface area (Å²) in [6.45, 7) is 1.82. The molecule has 1 aromatic rings. The van der Waals surface area contributed by atoms with Gasteiger partial charge in [0.25, 0.3) is 0 Å². The van der Waals surface area contributed by atoms with Crippen molar-refractivity contribution >= 4 is 23.4 Å². The van der Waals surface area contributed by atoms with Gasteiger partial charge in [-0.15, -0.1) is 0 Å². The SMILES string of the molecule is CC[C@H](C(=O)Nc1cccnc1)N1C(=O)[C@@H]2[C@@H](C1=O)[C@H]1C=C[C@H]2CC1. The average Bonchev–Trinajstić information content (AvgIpc) is 2.92. The van der Waals surface area contributed by atoms with Crippen molar-refractivity contribution in [1.82, 2.24) is 9.88 Å². The Balaban J connectivity index is 1.58. The van der Waals surface area contributed by atoms with Crippen LogP contribution in [-0.4, -0.2) is 33.6 Å². The molecule has 130 valence electrons. The van der Waals surface area contributed by atoms with Crippen LogP contribution in [0.2, 0.25) is 0 Å². The molecule has 0 spiro atoms. The Morgan fingerprint density at radius 1 is 1.24 bits per heavy atom. The van der Waals surface area contributed by atoms with Gasteiger partial charge in [-0.2, -0.15) is 0 Å². The summed E-state index contributed by atoms with van der Waals surface area (Å²) in [7, 11) is 0. The van der Waals surface area contributed by atoms with E-state index in [1.807, 2.05) is 6.92 Å². The maximum absolute atomic E-state index is 13.0. The van der Waals surface area contributed by atoms with E-state index < -0.39 is 6.04 Å². The van der Waals surface area contributed by atoms with Gasteiger partial charge in [-0.1, -0.05) is 19.1 Å². The van der Waals surface area contributed by atoms with E-state index in [0.717, 1.165) is 12.8 Å². The number of imide groups is 1. The predicted octanol–water partition coefficient (Wildman–Crippen LogP) is 2.00. The standard InChI is InChI=1S/C19H21N3O3/c1-2-14(17(23)21-13-4-3-9-20-10-13)22-18(24)15-11-5-6-12(8-7-11)16(15)19(22)25/h3-6,9-12,14-16H,2,7-8H2,1H3,(H,21,23)/t11-,12-,14+,15-,16-/m0/s1. The lowest BCUT2D eigenvalue weighted by Crippen LogP contribution is -2.47. The van der Waals surface area contributed by atoms with Gasteiger partial charge in [0.2, 0.25) is 17.7 Å². The number of nitrogens with zero attached hydrogens (tertiary/aromatic N) is 2. The van der Waals surface area contributed by atoms with Crippen LogP contribution in [0.1, 0.15) is 26.2 Å². The van der Waals surface area contributed by atoms with Crippen LogP contribution in [-0.2, 0) is 14.4 Å². The van der Waals surface area contributed by atoms with Crippen LogP contribution in [0, 0.1) is 23.7 Å². The summed E-state index contributed by atoms with van der Waals surface area (Å²) < 4.78 is 0. The van der Waals surface area contributed by atoms with Gasteiger partial charge < -0.3 is 5.32 Å². The van der Waals surface area contributed by atoms with Gasteiger partial charge in [0.15, 0.2) is 0 Å². The van der Waals surface area contributed by atoms with Crippen LogP contribution in [0.4, 0.5) is 5.69 Å². The Bertz CT molecular complexity index is 714. The summed E-state index contributed by atoms with van der Waals surface area (Å²) in [5.74, 6) is -0.987. The fraction of sp³-hybridized carbons (Fsp3) is 0.474. The van der Waals surface area contributed by atoms with Crippen molar-refractivity contribution in [1.29, 1.82) is 0 Å². The summed E-state index contributed by atoms with van der Waals surface area (Å²) in [4.78, 5) is 43.9. The van der Waals surface area contributed by atoms with E-state index in [1.165, 1.54) is 4.90 Å². The zero-order chi connectivity index (χ0) is 17.6. The number of hydrogen-bond donors (Lipinski definition) is 1. The molecule has 25 heavy (non-hydrogen) atoms. The highest BCUT2D eigenvalue weighted by Gasteiger charge is 2.58. The lowest BCUT2D eigenvalue weighted by Gasteiger charge is -2.38. The molecule has 4 aliphatic rings. The molecule has 3 aliphatic carbocycles. The van der Waals surface area contributed by atoms with E-state index in [0.29, 0.717) is 12.1 Å². The molecule has 0 aromatic carbocycles. The minimum absolute atomic E-state index is 0.135. The van der Waals surface area contributed by atoms with Gasteiger partial charge in [0, 0.05) is 6.20 Å². The topological polar surface area (TPSA) is 79.4 Å². The van der Waals surface area contributed by atoms with E-state index in [1.54, 1.807) is 24.5 Å². The quantitative estimate of drug-likeness (QED) is 0.672. The van der Waals surface area contributed by atoms with E-state index in [-0.39, 0.29) is 41.4 Å². The molecular weight excluding hydrogens is 318 g/mol. The molecular formula is C19H21N3O3. The second-order valence-corrected chi connectivity index (χ2v) is 7.04. The number of fused-ring (bicyclic) bond motifs is 1. The maximum atomic E-state index is 13.0. The largest absolute Gasteiger partial charge is 0.323 e. The van der Waals surface area contributed by atoms with Crippen LogP contribution < -0.4 is 5.32 Å². The lowest BCUT2D eigenvalue weighted by molar-refractivity contribution is -0.146. The number of pyridine rings is 1. The summed E-state index contributed by atoms with van der Waals surface area (Å²) in [5, 5.41) is 2.77. The van der Waals surface area contributed by atoms with Crippen molar-refractivity contribution < 1.29 is 14.4 Å². The van der Waals surface area contributed by atoms with Crippen molar-refractivity contribution in [3.05, 3.63) is 36.7 Å². The summed E-state index contributed by atoms with van der Waals surface area (Å²) in [5.41, 5.74) is 0.559. The Hall–Kier alpha value is -2.50. The number of carbonyl (C=O) groups excluding carboxylic acids is 3. The molecule has 1 aromatic heterocycles. The van der Waals surface area contributed by atoms with Crippen molar-refractivity contribution in [2.45, 2.75) is 32.2 Å². The summed E-state index contributed by atoms with van der Waals surface area (Å²) >= 11 is 0. The number of carbonyl (C=O) groups is 3.